The van der Waals surface area contributed by atoms with Crippen LogP contribution in [0.2, 0.25) is 0 Å². The highest BCUT2D eigenvalue weighted by molar-refractivity contribution is 5.75. The molecule has 3 radical (unpaired) electrons. The van der Waals surface area contributed by atoms with Gasteiger partial charge in [0.25, 0.3) is 0 Å². The molecular formula is C13H27BN. The van der Waals surface area contributed by atoms with E-state index in [1.54, 1.807) is 0 Å². The first-order valence-electron chi connectivity index (χ1n) is 6.24. The lowest BCUT2D eigenvalue weighted by molar-refractivity contribution is 1.03. The van der Waals surface area contributed by atoms with Gasteiger partial charge in [-0.1, -0.05) is 48.1 Å². The molecule has 0 amide bonds. The van der Waals surface area contributed by atoms with Crippen molar-refractivity contribution < 1.29 is 1.37 Å². The van der Waals surface area contributed by atoms with Crippen molar-refractivity contribution in [2.75, 3.05) is 0 Å². The molecule has 2 heteroatoms. The molecule has 87 valence electrons. The number of hydrogen-bond donors (Lipinski definition) is 0. The van der Waals surface area contributed by atoms with Crippen molar-refractivity contribution in [3.63, 3.8) is 0 Å². The quantitative estimate of drug-likeness (QED) is 0.631. The number of pyridine rings is 1. The van der Waals surface area contributed by atoms with E-state index in [1.165, 1.54) is 18.7 Å². The van der Waals surface area contributed by atoms with E-state index in [4.69, 9.17) is 1.37 Å². The van der Waals surface area contributed by atoms with Crippen LogP contribution in [0.5, 0.6) is 0 Å². The molecule has 0 bridgehead atoms. The van der Waals surface area contributed by atoms with Gasteiger partial charge < -0.3 is 0 Å². The predicted molar refractivity (Wildman–Crippen MR) is 73.5 cm³/mol. The number of aromatic nitrogens is 1. The van der Waals surface area contributed by atoms with Crippen molar-refractivity contribution in [1.82, 2.24) is 4.98 Å². The predicted octanol–water partition coefficient (Wildman–Crippen LogP) is 4.26. The largest absolute Gasteiger partial charge is 0.261 e. The van der Waals surface area contributed by atoms with Crippen molar-refractivity contribution >= 4 is 8.41 Å². The summed E-state index contributed by atoms with van der Waals surface area (Å²) in [7, 11) is 1.25. The maximum Gasteiger partial charge on any atom is 0.0401 e. The maximum atomic E-state index is 5.75. The summed E-state index contributed by atoms with van der Waals surface area (Å²) < 4.78 is 5.75. The standard InChI is InChI=1S/C8H11N.2C2H6.CH4.B/c1-3-8-5-4-7(2)6-9-8;2*1-2;;/h4-6H,3H2,1-2H3;2*1-2H3;1H4;/i;;;1T;. The van der Waals surface area contributed by atoms with Gasteiger partial charge in [0.05, 0.1) is 0 Å². The van der Waals surface area contributed by atoms with Crippen molar-refractivity contribution in [2.45, 2.75) is 55.4 Å². The van der Waals surface area contributed by atoms with Crippen LogP contribution in [-0.4, -0.2) is 13.4 Å². The smallest absolute Gasteiger partial charge is 0.0401 e. The van der Waals surface area contributed by atoms with Gasteiger partial charge >= 0.3 is 0 Å². The van der Waals surface area contributed by atoms with E-state index >= 15 is 0 Å². The lowest BCUT2D eigenvalue weighted by Crippen LogP contribution is -1.84. The lowest BCUT2D eigenvalue weighted by atomic mass is 10.2. The van der Waals surface area contributed by atoms with Crippen LogP contribution in [0, 0.1) is 6.92 Å². The number of aryl methyl sites for hydroxylation is 2. The van der Waals surface area contributed by atoms with Crippen LogP contribution in [0.4, 0.5) is 0 Å². The summed E-state index contributed by atoms with van der Waals surface area (Å²) in [5.41, 5.74) is 2.40. The molecular weight excluding hydrogens is 181 g/mol. The normalized spacial score (nSPS) is 7.00. The van der Waals surface area contributed by atoms with E-state index in [-0.39, 0.29) is 8.41 Å². The van der Waals surface area contributed by atoms with Gasteiger partial charge in [-0.15, -0.1) is 0 Å². The zero-order valence-electron chi connectivity index (χ0n) is 12.5. The molecule has 1 heterocycles. The monoisotopic (exact) mass is 210 g/mol. The van der Waals surface area contributed by atoms with Gasteiger partial charge in [-0.3, -0.25) is 4.98 Å². The van der Waals surface area contributed by atoms with Crippen molar-refractivity contribution in [3.05, 3.63) is 29.6 Å². The van der Waals surface area contributed by atoms with E-state index in [9.17, 15) is 0 Å². The van der Waals surface area contributed by atoms with Crippen LogP contribution in [0.1, 0.15) is 54.6 Å². The minimum atomic E-state index is 0. The molecule has 0 aromatic carbocycles. The number of rotatable bonds is 1. The Labute approximate surface area is 100 Å². The fraction of sp³-hybridized carbons (Fsp3) is 0.615. The summed E-state index contributed by atoms with van der Waals surface area (Å²) in [6.45, 7) is 12.2. The van der Waals surface area contributed by atoms with Gasteiger partial charge in [-0.05, 0) is 25.0 Å². The Bertz CT molecular complexity index is 188. The Morgan fingerprint density at radius 2 is 1.67 bits per heavy atom. The van der Waals surface area contributed by atoms with Crippen molar-refractivity contribution in [3.8, 4) is 0 Å². The van der Waals surface area contributed by atoms with E-state index in [0.717, 1.165) is 6.42 Å². The summed E-state index contributed by atoms with van der Waals surface area (Å²) >= 11 is 0. The third-order valence-electron chi connectivity index (χ3n) is 1.33. The Balaban J connectivity index is -0.0000000900. The van der Waals surface area contributed by atoms with Gasteiger partial charge in [-0.25, -0.2) is 0 Å². The number of hydrogen-bond acceptors (Lipinski definition) is 1. The van der Waals surface area contributed by atoms with Crippen LogP contribution in [0.3, 0.4) is 0 Å². The van der Waals surface area contributed by atoms with Crippen molar-refractivity contribution in [1.29, 1.82) is 0 Å². The summed E-state index contributed by atoms with van der Waals surface area (Å²) in [6, 6.07) is 4.15. The summed E-state index contributed by atoms with van der Waals surface area (Å²) in [5, 5.41) is 0. The summed E-state index contributed by atoms with van der Waals surface area (Å²) in [5.74, 6) is 0. The molecule has 0 aliphatic carbocycles. The van der Waals surface area contributed by atoms with Gasteiger partial charge in [0.1, 0.15) is 0 Å². The molecule has 0 saturated heterocycles. The lowest BCUT2D eigenvalue weighted by Gasteiger charge is -1.93. The molecule has 1 aromatic rings. The molecule has 0 unspecified atom stereocenters. The highest BCUT2D eigenvalue weighted by Gasteiger charge is 1.86. The zero-order valence-corrected chi connectivity index (χ0v) is 11.5. The molecule has 0 aliphatic rings. The second kappa shape index (κ2) is 18.9. The van der Waals surface area contributed by atoms with Crippen LogP contribution in [0.15, 0.2) is 18.3 Å². The minimum absolute atomic E-state index is 0. The highest BCUT2D eigenvalue weighted by atomic mass is 14.7. The molecule has 0 N–H and O–H groups in total. The molecule has 1 aromatic heterocycles. The summed E-state index contributed by atoms with van der Waals surface area (Å²) in [4.78, 5) is 4.20. The average Bonchev–Trinajstić information content (AvgIpc) is 2.38. The second-order valence-electron chi connectivity index (χ2n) is 2.18. The molecule has 0 saturated carbocycles. The molecule has 1 nitrogen and oxygen atoms in total. The SMILES string of the molecule is CC.CC.CCc1ccc(C)cn1.[3H]C.[B]. The Kier molecular flexibility index (Phi) is 24.9. The van der Waals surface area contributed by atoms with Crippen LogP contribution >= 0.6 is 0 Å². The van der Waals surface area contributed by atoms with Crippen LogP contribution in [0.25, 0.3) is 0 Å². The van der Waals surface area contributed by atoms with Crippen molar-refractivity contribution in [2.24, 2.45) is 0 Å². The fourth-order valence-electron chi connectivity index (χ4n) is 0.708. The van der Waals surface area contributed by atoms with Gasteiger partial charge in [0.15, 0.2) is 0 Å². The van der Waals surface area contributed by atoms with E-state index in [0.29, 0.717) is 0 Å². The zero-order chi connectivity index (χ0) is 12.7. The fourth-order valence-corrected chi connectivity index (χ4v) is 0.708. The first kappa shape index (κ1) is 19.7. The van der Waals surface area contributed by atoms with Gasteiger partial charge in [0.2, 0.25) is 0 Å². The Morgan fingerprint density at radius 3 is 1.93 bits per heavy atom. The molecule has 0 spiro atoms. The minimum Gasteiger partial charge on any atom is -0.261 e. The second-order valence-corrected chi connectivity index (χ2v) is 2.18. The third-order valence-corrected chi connectivity index (χ3v) is 1.33. The van der Waals surface area contributed by atoms with Gasteiger partial charge in [0, 0.05) is 21.7 Å². The molecule has 0 aliphatic heterocycles. The first-order valence-corrected chi connectivity index (χ1v) is 5.24. The Hall–Kier alpha value is -0.785. The van der Waals surface area contributed by atoms with E-state index in [2.05, 4.69) is 24.0 Å². The maximum absolute atomic E-state index is 5.75. The van der Waals surface area contributed by atoms with Gasteiger partial charge in [-0.2, -0.15) is 0 Å². The third kappa shape index (κ3) is 13.2. The van der Waals surface area contributed by atoms with Crippen LogP contribution in [-0.2, 0) is 6.42 Å². The molecule has 0 fully saturated rings. The first-order chi connectivity index (χ1) is 7.33. The highest BCUT2D eigenvalue weighted by Crippen LogP contribution is 1.97. The molecule has 0 atom stereocenters. The Morgan fingerprint density at radius 1 is 1.20 bits per heavy atom. The summed E-state index contributed by atoms with van der Waals surface area (Å²) in [6.07, 6.45) is 2.93. The molecule has 15 heavy (non-hydrogen) atoms. The molecule has 1 rings (SSSR count). The number of nitrogens with zero attached hydrogens (tertiary/aromatic N) is 1. The average molecular weight is 210 g/mol. The topological polar surface area (TPSA) is 12.9 Å². The van der Waals surface area contributed by atoms with E-state index < -0.39 is 0 Å². The van der Waals surface area contributed by atoms with Crippen LogP contribution < -0.4 is 0 Å². The van der Waals surface area contributed by atoms with E-state index in [1.807, 2.05) is 40.8 Å².